The van der Waals surface area contributed by atoms with Crippen LogP contribution in [0, 0.1) is 5.82 Å². The summed E-state index contributed by atoms with van der Waals surface area (Å²) in [4.78, 5) is 11.3. The zero-order chi connectivity index (χ0) is 31.1. The molecule has 0 aliphatic carbocycles. The van der Waals surface area contributed by atoms with E-state index in [1.165, 1.54) is 18.5 Å². The Morgan fingerprint density at radius 1 is 1.02 bits per heavy atom. The molecule has 0 bridgehead atoms. The van der Waals surface area contributed by atoms with E-state index in [9.17, 15) is 8.60 Å². The minimum atomic E-state index is -0.972. The van der Waals surface area contributed by atoms with Gasteiger partial charge in [0.05, 0.1) is 16.6 Å². The second kappa shape index (κ2) is 14.8. The van der Waals surface area contributed by atoms with Crippen molar-refractivity contribution in [2.45, 2.75) is 39.3 Å². The summed E-state index contributed by atoms with van der Waals surface area (Å²) in [5.41, 5.74) is 3.09. The molecular formula is C34H36ClFN4O3S. The Balaban J connectivity index is 1.37. The molecule has 0 aliphatic heterocycles. The van der Waals surface area contributed by atoms with Crippen molar-refractivity contribution in [3.8, 4) is 17.1 Å². The van der Waals surface area contributed by atoms with Crippen molar-refractivity contribution < 1.29 is 17.8 Å². The molecule has 0 aliphatic rings. The summed E-state index contributed by atoms with van der Waals surface area (Å²) in [5.74, 6) is 2.85. The maximum atomic E-state index is 13.5. The van der Waals surface area contributed by atoms with Crippen molar-refractivity contribution >= 4 is 44.8 Å². The van der Waals surface area contributed by atoms with Crippen LogP contribution in [0.3, 0.4) is 0 Å². The van der Waals surface area contributed by atoms with Crippen LogP contribution in [0.5, 0.6) is 5.75 Å². The zero-order valence-corrected chi connectivity index (χ0v) is 26.6. The lowest BCUT2D eigenvalue weighted by Gasteiger charge is -2.29. The molecule has 10 heteroatoms. The number of halogens is 2. The maximum absolute atomic E-state index is 13.5. The molecule has 7 nitrogen and oxygen atoms in total. The average Bonchev–Trinajstić information content (AvgIpc) is 3.50. The Bertz CT molecular complexity index is 1740. The normalized spacial score (nSPS) is 12.9. The van der Waals surface area contributed by atoms with E-state index in [0.717, 1.165) is 59.6 Å². The Morgan fingerprint density at radius 3 is 2.57 bits per heavy atom. The molecule has 0 saturated heterocycles. The summed E-state index contributed by atoms with van der Waals surface area (Å²) < 4.78 is 38.0. The van der Waals surface area contributed by atoms with Crippen LogP contribution >= 0.6 is 11.6 Å². The van der Waals surface area contributed by atoms with Gasteiger partial charge >= 0.3 is 0 Å². The summed E-state index contributed by atoms with van der Waals surface area (Å²) in [6.45, 7) is 6.34. The standard InChI is InChI=1S/C34H36ClFN4O3S/c1-4-15-40(16-5-2)30(21-44(3)41)33-14-13-31(43-33)24-9-11-29-27(18-24)34(38-22-37-29)39-26-10-12-32(28(35)19-26)42-20-23-7-6-8-25(36)17-23/h6-14,17-19,22,30H,4-5,15-16,20-21H2,1-3H3,(H,37,38,39)/t30?,44-/m0/s1. The van der Waals surface area contributed by atoms with Gasteiger partial charge in [-0.2, -0.15) is 0 Å². The van der Waals surface area contributed by atoms with Gasteiger partial charge in [-0.3, -0.25) is 9.11 Å². The van der Waals surface area contributed by atoms with E-state index in [4.69, 9.17) is 20.8 Å². The molecule has 2 atom stereocenters. The van der Waals surface area contributed by atoms with Crippen molar-refractivity contribution in [2.24, 2.45) is 0 Å². The van der Waals surface area contributed by atoms with Gasteiger partial charge in [-0.25, -0.2) is 14.4 Å². The molecule has 0 amide bonds. The predicted molar refractivity (Wildman–Crippen MR) is 177 cm³/mol. The molecule has 0 fully saturated rings. The van der Waals surface area contributed by atoms with Crippen LogP contribution in [-0.2, 0) is 17.4 Å². The molecule has 0 spiro atoms. The number of benzene rings is 3. The van der Waals surface area contributed by atoms with Crippen molar-refractivity contribution in [3.05, 3.63) is 101 Å². The molecule has 5 aromatic rings. The maximum Gasteiger partial charge on any atom is 0.141 e. The van der Waals surface area contributed by atoms with Gasteiger partial charge in [0, 0.05) is 39.4 Å². The second-order valence-electron chi connectivity index (χ2n) is 10.6. The number of furan rings is 1. The molecule has 230 valence electrons. The van der Waals surface area contributed by atoms with Crippen molar-refractivity contribution in [1.82, 2.24) is 14.9 Å². The molecule has 0 radical (unpaired) electrons. The predicted octanol–water partition coefficient (Wildman–Crippen LogP) is 8.55. The van der Waals surface area contributed by atoms with Crippen LogP contribution < -0.4 is 10.1 Å². The second-order valence-corrected chi connectivity index (χ2v) is 12.5. The molecule has 1 N–H and O–H groups in total. The third-order valence-corrected chi connectivity index (χ3v) is 8.29. The number of hydrogen-bond donors (Lipinski definition) is 1. The number of ether oxygens (including phenoxy) is 1. The first-order valence-electron chi connectivity index (χ1n) is 14.7. The van der Waals surface area contributed by atoms with E-state index >= 15 is 0 Å². The fourth-order valence-electron chi connectivity index (χ4n) is 5.20. The van der Waals surface area contributed by atoms with Crippen LogP contribution in [0.1, 0.15) is 44.1 Å². The Hall–Kier alpha value is -3.79. The highest BCUT2D eigenvalue weighted by Crippen LogP contribution is 2.34. The zero-order valence-electron chi connectivity index (χ0n) is 25.1. The molecule has 5 rings (SSSR count). The van der Waals surface area contributed by atoms with E-state index < -0.39 is 10.8 Å². The minimum Gasteiger partial charge on any atom is -0.487 e. The van der Waals surface area contributed by atoms with E-state index in [0.29, 0.717) is 27.9 Å². The lowest BCUT2D eigenvalue weighted by molar-refractivity contribution is 0.192. The highest BCUT2D eigenvalue weighted by molar-refractivity contribution is 7.84. The van der Waals surface area contributed by atoms with Gasteiger partial charge < -0.3 is 14.5 Å². The van der Waals surface area contributed by atoms with Crippen LogP contribution in [0.2, 0.25) is 5.02 Å². The number of rotatable bonds is 14. The molecule has 44 heavy (non-hydrogen) atoms. The summed E-state index contributed by atoms with van der Waals surface area (Å²) in [6.07, 6.45) is 5.28. The first-order chi connectivity index (χ1) is 21.3. The van der Waals surface area contributed by atoms with Gasteiger partial charge in [0.1, 0.15) is 41.8 Å². The highest BCUT2D eigenvalue weighted by Gasteiger charge is 2.24. The molecule has 2 aromatic heterocycles. The number of nitrogens with one attached hydrogen (secondary N) is 1. The topological polar surface area (TPSA) is 80.5 Å². The van der Waals surface area contributed by atoms with Crippen LogP contribution in [0.15, 0.2) is 83.5 Å². The van der Waals surface area contributed by atoms with E-state index in [1.54, 1.807) is 30.5 Å². The molecule has 0 saturated carbocycles. The molecule has 2 heterocycles. The minimum absolute atomic E-state index is 0.0546. The summed E-state index contributed by atoms with van der Waals surface area (Å²) in [7, 11) is -0.972. The number of anilines is 2. The fraction of sp³-hybridized carbons (Fsp3) is 0.294. The quantitative estimate of drug-likeness (QED) is 0.131. The van der Waals surface area contributed by atoms with E-state index in [2.05, 4.69) is 34.0 Å². The lowest BCUT2D eigenvalue weighted by Crippen LogP contribution is -2.33. The van der Waals surface area contributed by atoms with Crippen LogP contribution in [0.25, 0.3) is 22.2 Å². The third-order valence-electron chi connectivity index (χ3n) is 7.21. The summed E-state index contributed by atoms with van der Waals surface area (Å²) >= 11 is 6.53. The SMILES string of the molecule is CCCN(CCC)C(C[S@](C)=O)c1ccc(-c2ccc3ncnc(Nc4ccc(OCc5cccc(F)c5)c(Cl)c4)c3c2)o1. The average molecular weight is 635 g/mol. The number of aromatic nitrogens is 2. The van der Waals surface area contributed by atoms with Crippen LogP contribution in [-0.4, -0.2) is 44.2 Å². The number of hydrogen-bond acceptors (Lipinski definition) is 7. The van der Waals surface area contributed by atoms with Gasteiger partial charge in [0.2, 0.25) is 0 Å². The highest BCUT2D eigenvalue weighted by atomic mass is 35.5. The van der Waals surface area contributed by atoms with Crippen LogP contribution in [0.4, 0.5) is 15.9 Å². The van der Waals surface area contributed by atoms with Crippen molar-refractivity contribution in [1.29, 1.82) is 0 Å². The molecule has 3 aromatic carbocycles. The van der Waals surface area contributed by atoms with Crippen molar-refractivity contribution in [2.75, 3.05) is 30.4 Å². The van der Waals surface area contributed by atoms with Crippen molar-refractivity contribution in [3.63, 3.8) is 0 Å². The Labute approximate surface area is 264 Å². The first kappa shape index (κ1) is 31.6. The Morgan fingerprint density at radius 2 is 1.84 bits per heavy atom. The molecule has 1 unspecified atom stereocenters. The first-order valence-corrected chi connectivity index (χ1v) is 16.8. The number of nitrogens with zero attached hydrogens (tertiary/aromatic N) is 3. The summed E-state index contributed by atoms with van der Waals surface area (Å²) in [5, 5.41) is 4.58. The van der Waals surface area contributed by atoms with Gasteiger partial charge in [0.25, 0.3) is 0 Å². The third kappa shape index (κ3) is 7.83. The van der Waals surface area contributed by atoms with Gasteiger partial charge in [-0.15, -0.1) is 0 Å². The monoisotopic (exact) mass is 634 g/mol. The van der Waals surface area contributed by atoms with E-state index in [1.807, 2.05) is 36.4 Å². The Kier molecular flexibility index (Phi) is 10.6. The van der Waals surface area contributed by atoms with Gasteiger partial charge in [0.15, 0.2) is 0 Å². The van der Waals surface area contributed by atoms with Gasteiger partial charge in [-0.05, 0) is 92.2 Å². The smallest absolute Gasteiger partial charge is 0.141 e. The lowest BCUT2D eigenvalue weighted by atomic mass is 10.1. The van der Waals surface area contributed by atoms with E-state index in [-0.39, 0.29) is 18.5 Å². The molecular weight excluding hydrogens is 599 g/mol. The summed E-state index contributed by atoms with van der Waals surface area (Å²) in [6, 6.07) is 21.5. The fourth-order valence-corrected chi connectivity index (χ4v) is 6.26. The van der Waals surface area contributed by atoms with Gasteiger partial charge in [-0.1, -0.05) is 37.6 Å². The largest absolute Gasteiger partial charge is 0.487 e. The number of fused-ring (bicyclic) bond motifs is 1.